The first kappa shape index (κ1) is 14.5. The van der Waals surface area contributed by atoms with Gasteiger partial charge in [-0.25, -0.2) is 0 Å². The summed E-state index contributed by atoms with van der Waals surface area (Å²) >= 11 is 0. The monoisotopic (exact) mass is 292 g/mol. The van der Waals surface area contributed by atoms with E-state index in [1.54, 1.807) is 0 Å². The molecule has 4 nitrogen and oxygen atoms in total. The van der Waals surface area contributed by atoms with E-state index in [0.29, 0.717) is 11.4 Å². The zero-order valence-corrected chi connectivity index (χ0v) is 12.9. The summed E-state index contributed by atoms with van der Waals surface area (Å²) in [6, 6.07) is 10.6. The van der Waals surface area contributed by atoms with Crippen LogP contribution < -0.4 is 0 Å². The Morgan fingerprint density at radius 2 is 2.05 bits per heavy atom. The van der Waals surface area contributed by atoms with Gasteiger partial charge in [0, 0.05) is 13.0 Å². The van der Waals surface area contributed by atoms with Gasteiger partial charge in [0.15, 0.2) is 5.82 Å². The molecule has 0 amide bonds. The van der Waals surface area contributed by atoms with Crippen molar-refractivity contribution in [3.05, 3.63) is 47.0 Å². The summed E-state index contributed by atoms with van der Waals surface area (Å²) in [4.78, 5) is 0. The van der Waals surface area contributed by atoms with E-state index >= 15 is 0 Å². The molecular weight excluding hydrogens is 272 g/mol. The van der Waals surface area contributed by atoms with Crippen LogP contribution in [0.25, 0.3) is 11.6 Å². The normalized spacial score (nSPS) is 15.0. The Kier molecular flexibility index (Phi) is 4.34. The maximum Gasteiger partial charge on any atom is 0.174 e. The van der Waals surface area contributed by atoms with Gasteiger partial charge in [-0.15, -0.1) is 10.2 Å². The zero-order valence-electron chi connectivity index (χ0n) is 12.9. The third kappa shape index (κ3) is 2.94. The quantitative estimate of drug-likeness (QED) is 0.812. The van der Waals surface area contributed by atoms with E-state index in [2.05, 4.69) is 52.0 Å². The minimum absolute atomic E-state index is 0.588. The molecule has 0 radical (unpaired) electrons. The molecule has 112 valence electrons. The molecule has 0 bridgehead atoms. The lowest BCUT2D eigenvalue weighted by molar-refractivity contribution is 0.627. The van der Waals surface area contributed by atoms with Crippen molar-refractivity contribution in [2.24, 2.45) is 0 Å². The van der Waals surface area contributed by atoms with Gasteiger partial charge in [-0.05, 0) is 36.5 Å². The van der Waals surface area contributed by atoms with Gasteiger partial charge in [-0.2, -0.15) is 5.26 Å². The number of nitrogens with zero attached hydrogens (tertiary/aromatic N) is 4. The highest BCUT2D eigenvalue weighted by molar-refractivity contribution is 5.87. The Labute approximate surface area is 131 Å². The van der Waals surface area contributed by atoms with Gasteiger partial charge in [0.1, 0.15) is 11.9 Å². The number of allylic oxidation sites excluding steroid dienone is 1. The number of nitriles is 1. The highest BCUT2D eigenvalue weighted by Gasteiger charge is 2.17. The van der Waals surface area contributed by atoms with Crippen LogP contribution in [-0.2, 0) is 19.4 Å². The lowest BCUT2D eigenvalue weighted by Crippen LogP contribution is -2.05. The van der Waals surface area contributed by atoms with E-state index in [1.165, 1.54) is 12.0 Å². The van der Waals surface area contributed by atoms with E-state index in [0.717, 1.165) is 43.6 Å². The van der Waals surface area contributed by atoms with E-state index < -0.39 is 0 Å². The van der Waals surface area contributed by atoms with Crippen molar-refractivity contribution < 1.29 is 0 Å². The molecule has 0 atom stereocenters. The lowest BCUT2D eigenvalue weighted by atomic mass is 10.1. The fraction of sp³-hybridized carbons (Fsp3) is 0.389. The van der Waals surface area contributed by atoms with Crippen LogP contribution in [0, 0.1) is 11.3 Å². The summed E-state index contributed by atoms with van der Waals surface area (Å²) in [5, 5.41) is 18.1. The van der Waals surface area contributed by atoms with Crippen LogP contribution in [-0.4, -0.2) is 14.8 Å². The largest absolute Gasteiger partial charge is 0.310 e. The van der Waals surface area contributed by atoms with Crippen molar-refractivity contribution in [2.45, 2.75) is 45.6 Å². The summed E-state index contributed by atoms with van der Waals surface area (Å²) in [5.41, 5.74) is 2.91. The summed E-state index contributed by atoms with van der Waals surface area (Å²) < 4.78 is 2.11. The summed E-state index contributed by atoms with van der Waals surface area (Å²) in [6.45, 7) is 3.04. The second-order valence-electron chi connectivity index (χ2n) is 5.67. The van der Waals surface area contributed by atoms with Crippen LogP contribution in [0.1, 0.15) is 49.0 Å². The SMILES string of the molecule is CCc1ccc(C=C(C#N)c2nnc3n2CCCCC3)cc1. The Balaban J connectivity index is 1.95. The fourth-order valence-electron chi connectivity index (χ4n) is 2.85. The molecule has 1 aliphatic rings. The van der Waals surface area contributed by atoms with Gasteiger partial charge in [-0.3, -0.25) is 0 Å². The maximum atomic E-state index is 9.53. The summed E-state index contributed by atoms with van der Waals surface area (Å²) in [7, 11) is 0. The van der Waals surface area contributed by atoms with Gasteiger partial charge >= 0.3 is 0 Å². The number of hydrogen-bond donors (Lipinski definition) is 0. The first-order chi connectivity index (χ1) is 10.8. The van der Waals surface area contributed by atoms with Crippen LogP contribution in [0.4, 0.5) is 0 Å². The number of benzene rings is 1. The Hall–Kier alpha value is -2.41. The molecule has 0 saturated heterocycles. The number of aromatic nitrogens is 3. The van der Waals surface area contributed by atoms with Crippen LogP contribution in [0.3, 0.4) is 0 Å². The maximum absolute atomic E-state index is 9.53. The Morgan fingerprint density at radius 3 is 2.77 bits per heavy atom. The third-order valence-electron chi connectivity index (χ3n) is 4.17. The third-order valence-corrected chi connectivity index (χ3v) is 4.17. The van der Waals surface area contributed by atoms with Crippen LogP contribution >= 0.6 is 0 Å². The molecule has 22 heavy (non-hydrogen) atoms. The molecule has 2 heterocycles. The highest BCUT2D eigenvalue weighted by atomic mass is 15.3. The first-order valence-corrected chi connectivity index (χ1v) is 7.95. The molecule has 1 aliphatic heterocycles. The molecule has 0 aliphatic carbocycles. The Morgan fingerprint density at radius 1 is 1.23 bits per heavy atom. The van der Waals surface area contributed by atoms with Crippen LogP contribution in [0.2, 0.25) is 0 Å². The topological polar surface area (TPSA) is 54.5 Å². The molecule has 4 heteroatoms. The lowest BCUT2D eigenvalue weighted by Gasteiger charge is -2.06. The molecule has 0 spiro atoms. The standard InChI is InChI=1S/C18H20N4/c1-2-14-7-9-15(10-8-14)12-16(13-19)18-21-20-17-6-4-3-5-11-22(17)18/h7-10,12H,2-6,11H2,1H3. The van der Waals surface area contributed by atoms with Gasteiger partial charge in [0.2, 0.25) is 0 Å². The highest BCUT2D eigenvalue weighted by Crippen LogP contribution is 2.21. The fourth-order valence-corrected chi connectivity index (χ4v) is 2.85. The molecule has 0 N–H and O–H groups in total. The van der Waals surface area contributed by atoms with Crippen LogP contribution in [0.15, 0.2) is 24.3 Å². The van der Waals surface area contributed by atoms with Crippen molar-refractivity contribution in [2.75, 3.05) is 0 Å². The number of hydrogen-bond acceptors (Lipinski definition) is 3. The molecule has 0 unspecified atom stereocenters. The first-order valence-electron chi connectivity index (χ1n) is 7.95. The van der Waals surface area contributed by atoms with Crippen molar-refractivity contribution >= 4 is 11.6 Å². The summed E-state index contributed by atoms with van der Waals surface area (Å²) in [5.74, 6) is 1.72. The molecule has 1 aromatic carbocycles. The second kappa shape index (κ2) is 6.57. The molecule has 1 aromatic heterocycles. The van der Waals surface area contributed by atoms with Gasteiger partial charge in [-0.1, -0.05) is 37.6 Å². The van der Waals surface area contributed by atoms with E-state index in [-0.39, 0.29) is 0 Å². The predicted molar refractivity (Wildman–Crippen MR) is 86.9 cm³/mol. The smallest absolute Gasteiger partial charge is 0.174 e. The number of rotatable bonds is 3. The average Bonchev–Trinajstić information content (AvgIpc) is 2.81. The van der Waals surface area contributed by atoms with Crippen molar-refractivity contribution in [3.63, 3.8) is 0 Å². The number of aryl methyl sites for hydroxylation is 2. The van der Waals surface area contributed by atoms with E-state index in [4.69, 9.17) is 0 Å². The Bertz CT molecular complexity index is 717. The van der Waals surface area contributed by atoms with Gasteiger partial charge in [0.25, 0.3) is 0 Å². The van der Waals surface area contributed by atoms with Crippen molar-refractivity contribution in [1.82, 2.24) is 14.8 Å². The van der Waals surface area contributed by atoms with E-state index in [9.17, 15) is 5.26 Å². The minimum Gasteiger partial charge on any atom is -0.310 e. The van der Waals surface area contributed by atoms with Crippen molar-refractivity contribution in [3.8, 4) is 6.07 Å². The zero-order chi connectivity index (χ0) is 15.4. The number of fused-ring (bicyclic) bond motifs is 1. The predicted octanol–water partition coefficient (Wildman–Crippen LogP) is 3.63. The summed E-state index contributed by atoms with van der Waals surface area (Å²) in [6.07, 6.45) is 7.38. The van der Waals surface area contributed by atoms with Crippen LogP contribution in [0.5, 0.6) is 0 Å². The molecule has 2 aromatic rings. The molecular formula is C18H20N4. The van der Waals surface area contributed by atoms with Crippen molar-refractivity contribution in [1.29, 1.82) is 5.26 Å². The molecule has 0 saturated carbocycles. The minimum atomic E-state index is 0.588. The average molecular weight is 292 g/mol. The van der Waals surface area contributed by atoms with Gasteiger partial charge in [0.05, 0.1) is 5.57 Å². The molecule has 0 fully saturated rings. The second-order valence-corrected chi connectivity index (χ2v) is 5.67. The molecule has 3 rings (SSSR count). The van der Waals surface area contributed by atoms with Gasteiger partial charge < -0.3 is 4.57 Å². The van der Waals surface area contributed by atoms with E-state index in [1.807, 2.05) is 6.08 Å².